The third kappa shape index (κ3) is 8.90. The summed E-state index contributed by atoms with van der Waals surface area (Å²) in [5.74, 6) is 0.990. The summed E-state index contributed by atoms with van der Waals surface area (Å²) in [5.41, 5.74) is 10.3. The molecule has 1 saturated carbocycles. The molecule has 2 amide bonds. The Morgan fingerprint density at radius 1 is 1.02 bits per heavy atom. The molecule has 3 aromatic rings. The number of fused-ring (bicyclic) bond motifs is 1. The number of nitrogens with two attached hydrogens (primary N) is 2. The van der Waals surface area contributed by atoms with E-state index >= 15 is 0 Å². The first-order valence-electron chi connectivity index (χ1n) is 12.7. The number of rotatable bonds is 4. The maximum atomic E-state index is 12.4. The van der Waals surface area contributed by atoms with Crippen molar-refractivity contribution in [1.29, 1.82) is 0 Å². The zero-order valence-electron chi connectivity index (χ0n) is 22.3. The number of pyridine rings is 1. The number of aromatic nitrogens is 1. The molecule has 0 atom stereocenters. The Hall–Kier alpha value is -3.73. The van der Waals surface area contributed by atoms with E-state index in [9.17, 15) is 22.8 Å². The van der Waals surface area contributed by atoms with E-state index in [-0.39, 0.29) is 17.1 Å². The van der Waals surface area contributed by atoms with Gasteiger partial charge in [-0.3, -0.25) is 9.59 Å². The fourth-order valence-electron chi connectivity index (χ4n) is 3.86. The van der Waals surface area contributed by atoms with Crippen molar-refractivity contribution in [2.24, 2.45) is 5.73 Å². The number of nitrogen functional groups attached to an aromatic ring is 1. The van der Waals surface area contributed by atoms with Crippen LogP contribution in [-0.2, 0) is 11.0 Å². The number of alkyl halides is 3. The summed E-state index contributed by atoms with van der Waals surface area (Å²) < 4.78 is 48.0. The maximum absolute atomic E-state index is 12.4. The minimum Gasteiger partial charge on any atom is -0.493 e. The Morgan fingerprint density at radius 2 is 1.70 bits per heavy atom. The number of anilines is 1. The Kier molecular flexibility index (Phi) is 10.4. The van der Waals surface area contributed by atoms with Crippen LogP contribution in [0, 0.1) is 0 Å². The van der Waals surface area contributed by atoms with Crippen LogP contribution in [0.3, 0.4) is 0 Å². The van der Waals surface area contributed by atoms with Gasteiger partial charge in [0.1, 0.15) is 5.69 Å². The number of carbonyl (C=O) groups is 2. The molecule has 1 aromatic heterocycles. The highest BCUT2D eigenvalue weighted by atomic mass is 35.5. The van der Waals surface area contributed by atoms with E-state index in [1.54, 1.807) is 32.2 Å². The van der Waals surface area contributed by atoms with Gasteiger partial charge < -0.3 is 25.8 Å². The Balaban J connectivity index is 0.000000172. The van der Waals surface area contributed by atoms with Crippen molar-refractivity contribution in [3.8, 4) is 11.5 Å². The highest BCUT2D eigenvalue weighted by Gasteiger charge is 2.33. The van der Waals surface area contributed by atoms with Crippen molar-refractivity contribution in [3.05, 3.63) is 58.7 Å². The Bertz CT molecular complexity index is 1340. The summed E-state index contributed by atoms with van der Waals surface area (Å²) in [4.78, 5) is 27.1. The number of hydrogen-bond donors (Lipinski definition) is 2. The molecule has 12 heteroatoms. The van der Waals surface area contributed by atoms with Crippen LogP contribution in [0.4, 0.5) is 18.9 Å². The minimum absolute atomic E-state index is 0.0137. The first-order valence-corrected chi connectivity index (χ1v) is 13.1. The first-order chi connectivity index (χ1) is 18.9. The number of piperidine rings is 1. The predicted molar refractivity (Wildman–Crippen MR) is 147 cm³/mol. The fourth-order valence-corrected chi connectivity index (χ4v) is 4.03. The average molecular weight is 581 g/mol. The van der Waals surface area contributed by atoms with Gasteiger partial charge in [0.15, 0.2) is 11.5 Å². The number of hydrogen-bond acceptors (Lipinski definition) is 6. The van der Waals surface area contributed by atoms with Crippen molar-refractivity contribution in [1.82, 2.24) is 9.88 Å². The molecule has 216 valence electrons. The monoisotopic (exact) mass is 580 g/mol. The number of benzene rings is 2. The normalized spacial score (nSPS) is 14.8. The number of likely N-dealkylation sites (tertiary alicyclic amines) is 1. The summed E-state index contributed by atoms with van der Waals surface area (Å²) in [6, 6.07) is 10.1. The fraction of sp³-hybridized carbons (Fsp3) is 0.393. The number of amides is 2. The molecule has 40 heavy (non-hydrogen) atoms. The minimum atomic E-state index is -4.50. The van der Waals surface area contributed by atoms with Crippen molar-refractivity contribution in [2.45, 2.75) is 51.3 Å². The van der Waals surface area contributed by atoms with Gasteiger partial charge in [-0.1, -0.05) is 11.6 Å². The number of nitrogens with zero attached hydrogens (tertiary/aromatic N) is 2. The van der Waals surface area contributed by atoms with Crippen LogP contribution in [-0.4, -0.2) is 48.0 Å². The molecule has 0 bridgehead atoms. The van der Waals surface area contributed by atoms with E-state index in [0.29, 0.717) is 33.6 Å². The van der Waals surface area contributed by atoms with Crippen LogP contribution in [0.25, 0.3) is 10.9 Å². The lowest BCUT2D eigenvalue weighted by atomic mass is 10.1. The molecular formula is C28H32ClF3N4O4. The van der Waals surface area contributed by atoms with Gasteiger partial charge in [0.25, 0.3) is 0 Å². The molecule has 0 spiro atoms. The molecule has 1 saturated heterocycles. The smallest absolute Gasteiger partial charge is 0.433 e. The molecule has 0 radical (unpaired) electrons. The van der Waals surface area contributed by atoms with Crippen LogP contribution in [0.15, 0.2) is 42.5 Å². The third-order valence-corrected chi connectivity index (χ3v) is 6.40. The zero-order valence-corrected chi connectivity index (χ0v) is 23.0. The maximum Gasteiger partial charge on any atom is 0.433 e. The summed E-state index contributed by atoms with van der Waals surface area (Å²) in [5, 5.41) is 0.821. The summed E-state index contributed by atoms with van der Waals surface area (Å²) in [6.45, 7) is 3.61. The van der Waals surface area contributed by atoms with Crippen molar-refractivity contribution >= 4 is 40.0 Å². The van der Waals surface area contributed by atoms with Crippen LogP contribution in [0.2, 0.25) is 5.02 Å². The van der Waals surface area contributed by atoms with Crippen LogP contribution < -0.4 is 20.9 Å². The molecular weight excluding hydrogens is 549 g/mol. The highest BCUT2D eigenvalue weighted by Crippen LogP contribution is 2.34. The van der Waals surface area contributed by atoms with Crippen LogP contribution in [0.5, 0.6) is 11.5 Å². The van der Waals surface area contributed by atoms with E-state index in [0.717, 1.165) is 32.0 Å². The van der Waals surface area contributed by atoms with E-state index in [1.165, 1.54) is 37.5 Å². The van der Waals surface area contributed by atoms with Gasteiger partial charge >= 0.3 is 6.18 Å². The lowest BCUT2D eigenvalue weighted by molar-refractivity contribution is -0.141. The summed E-state index contributed by atoms with van der Waals surface area (Å²) in [6.07, 6.45) is 1.66. The highest BCUT2D eigenvalue weighted by molar-refractivity contribution is 6.31. The molecule has 1 aliphatic carbocycles. The van der Waals surface area contributed by atoms with Crippen molar-refractivity contribution in [2.75, 3.05) is 25.9 Å². The van der Waals surface area contributed by atoms with E-state index < -0.39 is 17.8 Å². The molecule has 0 unspecified atom stereocenters. The topological polar surface area (TPSA) is 121 Å². The number of primary amides is 1. The Morgan fingerprint density at radius 3 is 2.23 bits per heavy atom. The standard InChI is InChI=1S/C11H13NO3.C10H6ClF3N2.C7H13NO/c1-14-10-6-7(11(12)13)2-5-9(10)15-8-3-4-8;11-5-1-2-8-6(3-5)7(15)4-9(16-8)10(12,13)14;1-7(9)8-5-3-2-4-6-8/h2,5-6,8H,3-4H2,1H3,(H2,12,13);1-4H,(H2,15,16);2-6H2,1H3. The van der Waals surface area contributed by atoms with E-state index in [4.69, 9.17) is 32.5 Å². The number of carbonyl (C=O) groups excluding carboxylic acids is 2. The molecule has 2 aliphatic rings. The van der Waals surface area contributed by atoms with Gasteiger partial charge in [0.2, 0.25) is 11.8 Å². The van der Waals surface area contributed by atoms with Crippen LogP contribution >= 0.6 is 11.6 Å². The van der Waals surface area contributed by atoms with Gasteiger partial charge in [0.05, 0.1) is 18.7 Å². The Labute approximate surface area is 235 Å². The molecule has 2 aromatic carbocycles. The summed E-state index contributed by atoms with van der Waals surface area (Å²) in [7, 11) is 1.54. The second kappa shape index (κ2) is 13.6. The number of halogens is 4. The van der Waals surface area contributed by atoms with E-state index in [2.05, 4.69) is 4.98 Å². The SMILES string of the molecule is CC(=O)N1CCCCC1.COc1cc(C(N)=O)ccc1OC1CC1.Nc1cc(C(F)(F)F)nc2ccc(Cl)cc12. The van der Waals surface area contributed by atoms with Gasteiger partial charge in [-0.2, -0.15) is 13.2 Å². The molecule has 1 aliphatic heterocycles. The van der Waals surface area contributed by atoms with Gasteiger partial charge in [-0.05, 0) is 74.6 Å². The molecule has 2 heterocycles. The molecule has 8 nitrogen and oxygen atoms in total. The van der Waals surface area contributed by atoms with Gasteiger partial charge in [-0.25, -0.2) is 4.98 Å². The van der Waals surface area contributed by atoms with E-state index in [1.807, 2.05) is 4.90 Å². The lowest BCUT2D eigenvalue weighted by Crippen LogP contribution is -2.33. The third-order valence-electron chi connectivity index (χ3n) is 6.16. The second-order valence-corrected chi connectivity index (χ2v) is 9.81. The number of ether oxygens (including phenoxy) is 2. The van der Waals surface area contributed by atoms with Crippen molar-refractivity contribution < 1.29 is 32.2 Å². The summed E-state index contributed by atoms with van der Waals surface area (Å²) >= 11 is 5.71. The van der Waals surface area contributed by atoms with Crippen LogP contribution in [0.1, 0.15) is 55.1 Å². The average Bonchev–Trinajstić information content (AvgIpc) is 3.74. The molecule has 5 rings (SSSR count). The lowest BCUT2D eigenvalue weighted by Gasteiger charge is -2.24. The molecule has 4 N–H and O–H groups in total. The van der Waals surface area contributed by atoms with Gasteiger partial charge in [-0.15, -0.1) is 0 Å². The first kappa shape index (κ1) is 30.8. The predicted octanol–water partition coefficient (Wildman–Crippen LogP) is 5.84. The van der Waals surface area contributed by atoms with Crippen molar-refractivity contribution in [3.63, 3.8) is 0 Å². The van der Waals surface area contributed by atoms with Gasteiger partial charge in [0, 0.05) is 41.7 Å². The zero-order chi connectivity index (χ0) is 29.4. The second-order valence-electron chi connectivity index (χ2n) is 9.37. The largest absolute Gasteiger partial charge is 0.493 e. The molecule has 2 fully saturated rings. The number of methoxy groups -OCH3 is 1. The quantitative estimate of drug-likeness (QED) is 0.400.